The molecule has 0 saturated carbocycles. The predicted molar refractivity (Wildman–Crippen MR) is 112 cm³/mol. The average Bonchev–Trinajstić information content (AvgIpc) is 2.53. The Hall–Kier alpha value is -1.28. The summed E-state index contributed by atoms with van der Waals surface area (Å²) in [5, 5.41) is 0. The fourth-order valence-corrected chi connectivity index (χ4v) is 3.49. The van der Waals surface area contributed by atoms with E-state index in [2.05, 4.69) is 78.1 Å². The van der Waals surface area contributed by atoms with E-state index in [0.29, 0.717) is 11.3 Å². The summed E-state index contributed by atoms with van der Waals surface area (Å²) in [6.45, 7) is 23.1. The summed E-state index contributed by atoms with van der Waals surface area (Å²) in [7, 11) is 0. The molecular weight excluding hydrogens is 318 g/mol. The van der Waals surface area contributed by atoms with Crippen molar-refractivity contribution in [3.05, 3.63) is 47.2 Å². The lowest BCUT2D eigenvalue weighted by Gasteiger charge is -2.37. The Morgan fingerprint density at radius 2 is 1.88 bits per heavy atom. The Balaban J connectivity index is 1.88. The second-order valence-electron chi connectivity index (χ2n) is 9.69. The maximum atomic E-state index is 6.28. The lowest BCUT2D eigenvalue weighted by molar-refractivity contribution is -0.0360. The molecule has 1 aromatic carbocycles. The number of hydrogen-bond donors (Lipinski definition) is 0. The van der Waals surface area contributed by atoms with Crippen LogP contribution in [0.4, 0.5) is 0 Å². The molecule has 26 heavy (non-hydrogen) atoms. The van der Waals surface area contributed by atoms with E-state index in [1.54, 1.807) is 0 Å². The van der Waals surface area contributed by atoms with Gasteiger partial charge in [0.15, 0.2) is 0 Å². The molecule has 0 unspecified atom stereocenters. The summed E-state index contributed by atoms with van der Waals surface area (Å²) in [4.78, 5) is 2.44. The number of aryl methyl sites for hydroxylation is 1. The Labute approximate surface area is 161 Å². The predicted octanol–water partition coefficient (Wildman–Crippen LogP) is 6.12. The van der Waals surface area contributed by atoms with Gasteiger partial charge in [0.05, 0.1) is 5.60 Å². The minimum atomic E-state index is -0.170. The minimum Gasteiger partial charge on any atom is -0.375 e. The van der Waals surface area contributed by atoms with E-state index in [4.69, 9.17) is 4.74 Å². The first-order valence-corrected chi connectivity index (χ1v) is 10.2. The highest BCUT2D eigenvalue weighted by molar-refractivity contribution is 5.34. The van der Waals surface area contributed by atoms with Gasteiger partial charge >= 0.3 is 0 Å². The first-order valence-electron chi connectivity index (χ1n) is 10.2. The lowest BCUT2D eigenvalue weighted by atomic mass is 9.78. The molecule has 0 saturated heterocycles. The van der Waals surface area contributed by atoms with Crippen LogP contribution >= 0.6 is 0 Å². The molecule has 2 heteroatoms. The zero-order chi connectivity index (χ0) is 19.5. The summed E-state index contributed by atoms with van der Waals surface area (Å²) in [5.41, 5.74) is 5.64. The fourth-order valence-electron chi connectivity index (χ4n) is 3.49. The van der Waals surface area contributed by atoms with Gasteiger partial charge in [-0.15, -0.1) is 0 Å². The summed E-state index contributed by atoms with van der Waals surface area (Å²) in [6, 6.07) is 6.83. The van der Waals surface area contributed by atoms with Gasteiger partial charge in [0.2, 0.25) is 0 Å². The zero-order valence-electron chi connectivity index (χ0n) is 18.1. The van der Waals surface area contributed by atoms with Crippen molar-refractivity contribution in [1.82, 2.24) is 4.90 Å². The molecule has 1 heterocycles. The quantitative estimate of drug-likeness (QED) is 0.555. The van der Waals surface area contributed by atoms with Gasteiger partial charge in [-0.1, -0.05) is 58.0 Å². The van der Waals surface area contributed by atoms with Gasteiger partial charge in [-0.3, -0.25) is 0 Å². The first-order chi connectivity index (χ1) is 12.0. The molecule has 2 rings (SSSR count). The highest BCUT2D eigenvalue weighted by atomic mass is 16.5. The number of rotatable bonds is 8. The number of benzene rings is 1. The van der Waals surface area contributed by atoms with E-state index in [1.807, 2.05) is 0 Å². The van der Waals surface area contributed by atoms with E-state index in [-0.39, 0.29) is 5.60 Å². The maximum absolute atomic E-state index is 6.28. The second kappa shape index (κ2) is 8.17. The van der Waals surface area contributed by atoms with Gasteiger partial charge in [0.25, 0.3) is 0 Å². The van der Waals surface area contributed by atoms with Crippen molar-refractivity contribution in [1.29, 1.82) is 0 Å². The van der Waals surface area contributed by atoms with Crippen LogP contribution < -0.4 is 0 Å². The van der Waals surface area contributed by atoms with Crippen LogP contribution in [-0.4, -0.2) is 23.7 Å². The highest BCUT2D eigenvalue weighted by Gasteiger charge is 2.27. The summed E-state index contributed by atoms with van der Waals surface area (Å²) >= 11 is 0. The smallest absolute Gasteiger partial charge is 0.0680 e. The van der Waals surface area contributed by atoms with Crippen LogP contribution in [0.5, 0.6) is 0 Å². The van der Waals surface area contributed by atoms with Crippen molar-refractivity contribution in [2.24, 2.45) is 11.3 Å². The monoisotopic (exact) mass is 357 g/mol. The number of nitrogens with zero attached hydrogens (tertiary/aromatic N) is 1. The van der Waals surface area contributed by atoms with Crippen molar-refractivity contribution in [2.45, 2.75) is 79.9 Å². The molecule has 0 bridgehead atoms. The van der Waals surface area contributed by atoms with E-state index in [0.717, 1.165) is 39.0 Å². The van der Waals surface area contributed by atoms with Crippen LogP contribution in [-0.2, 0) is 17.7 Å². The van der Waals surface area contributed by atoms with Crippen LogP contribution in [0.25, 0.3) is 0 Å². The molecule has 1 aliphatic rings. The third-order valence-electron chi connectivity index (χ3n) is 6.25. The third kappa shape index (κ3) is 5.61. The lowest BCUT2D eigenvalue weighted by Crippen LogP contribution is -2.35. The van der Waals surface area contributed by atoms with E-state index < -0.39 is 0 Å². The molecule has 0 N–H and O–H groups in total. The van der Waals surface area contributed by atoms with Crippen molar-refractivity contribution < 1.29 is 4.74 Å². The van der Waals surface area contributed by atoms with Gasteiger partial charge in [-0.25, -0.2) is 0 Å². The SMILES string of the molecule is C=C(CC(C)(C)OCCC(C)(C)C(C)C)N1CCc2ccc(C)cc2C1. The van der Waals surface area contributed by atoms with Gasteiger partial charge < -0.3 is 9.64 Å². The van der Waals surface area contributed by atoms with Crippen LogP contribution in [0.1, 0.15) is 71.1 Å². The Kier molecular flexibility index (Phi) is 6.60. The van der Waals surface area contributed by atoms with Gasteiger partial charge in [-0.2, -0.15) is 0 Å². The van der Waals surface area contributed by atoms with Crippen LogP contribution in [0.2, 0.25) is 0 Å². The number of hydrogen-bond acceptors (Lipinski definition) is 2. The van der Waals surface area contributed by atoms with Gasteiger partial charge in [-0.05, 0) is 56.1 Å². The third-order valence-corrected chi connectivity index (χ3v) is 6.25. The molecular formula is C24H39NO. The summed E-state index contributed by atoms with van der Waals surface area (Å²) in [5.74, 6) is 0.668. The summed E-state index contributed by atoms with van der Waals surface area (Å²) < 4.78 is 6.28. The molecule has 146 valence electrons. The Morgan fingerprint density at radius 3 is 2.54 bits per heavy atom. The largest absolute Gasteiger partial charge is 0.375 e. The van der Waals surface area contributed by atoms with Crippen molar-refractivity contribution in [3.8, 4) is 0 Å². The van der Waals surface area contributed by atoms with Crippen LogP contribution in [0.3, 0.4) is 0 Å². The van der Waals surface area contributed by atoms with E-state index in [9.17, 15) is 0 Å². The molecule has 1 aromatic rings. The van der Waals surface area contributed by atoms with Gasteiger partial charge in [0.1, 0.15) is 0 Å². The second-order valence-corrected chi connectivity index (χ2v) is 9.69. The standard InChI is InChI=1S/C24H39NO/c1-18(2)23(5,6)12-14-26-24(7,8)16-20(4)25-13-11-21-10-9-19(3)15-22(21)17-25/h9-10,15,18H,4,11-14,16-17H2,1-3,5-8H3. The topological polar surface area (TPSA) is 12.5 Å². The first kappa shape index (κ1) is 21.0. The molecule has 1 aliphatic heterocycles. The molecule has 0 aromatic heterocycles. The average molecular weight is 358 g/mol. The maximum Gasteiger partial charge on any atom is 0.0680 e. The Morgan fingerprint density at radius 1 is 1.19 bits per heavy atom. The Bertz CT molecular complexity index is 627. The van der Waals surface area contributed by atoms with Crippen molar-refractivity contribution in [2.75, 3.05) is 13.2 Å². The molecule has 2 nitrogen and oxygen atoms in total. The van der Waals surface area contributed by atoms with Gasteiger partial charge in [0, 0.05) is 31.8 Å². The number of fused-ring (bicyclic) bond motifs is 1. The normalized spacial score (nSPS) is 15.3. The van der Waals surface area contributed by atoms with Crippen LogP contribution in [0, 0.1) is 18.3 Å². The molecule has 0 atom stereocenters. The number of ether oxygens (including phenoxy) is 1. The molecule has 0 spiro atoms. The molecule has 0 fully saturated rings. The van der Waals surface area contributed by atoms with E-state index >= 15 is 0 Å². The van der Waals surface area contributed by atoms with E-state index in [1.165, 1.54) is 22.4 Å². The fraction of sp³-hybridized carbons (Fsp3) is 0.667. The molecule has 0 aliphatic carbocycles. The summed E-state index contributed by atoms with van der Waals surface area (Å²) in [6.07, 6.45) is 3.09. The molecule has 0 amide bonds. The minimum absolute atomic E-state index is 0.170. The van der Waals surface area contributed by atoms with Crippen molar-refractivity contribution in [3.63, 3.8) is 0 Å². The van der Waals surface area contributed by atoms with Crippen molar-refractivity contribution >= 4 is 0 Å². The zero-order valence-corrected chi connectivity index (χ0v) is 18.1. The molecule has 0 radical (unpaired) electrons. The van der Waals surface area contributed by atoms with Crippen LogP contribution in [0.15, 0.2) is 30.5 Å². The highest BCUT2D eigenvalue weighted by Crippen LogP contribution is 2.32.